The molecule has 0 amide bonds. The van der Waals surface area contributed by atoms with Crippen LogP contribution in [0.25, 0.3) is 0 Å². The Morgan fingerprint density at radius 3 is 1.53 bits per heavy atom. The van der Waals surface area contributed by atoms with Crippen molar-refractivity contribution in [1.82, 2.24) is 0 Å². The van der Waals surface area contributed by atoms with Gasteiger partial charge in [-0.05, 0) is 66.9 Å². The van der Waals surface area contributed by atoms with Crippen molar-refractivity contribution < 1.29 is 37.9 Å². The number of azo groups is 1. The first kappa shape index (κ1) is 45.8. The normalized spacial score (nSPS) is 14.2. The van der Waals surface area contributed by atoms with Crippen LogP contribution in [0.3, 0.4) is 0 Å². The molecule has 316 valence electrons. The molecule has 4 rings (SSSR count). The molecule has 1 aliphatic heterocycles. The summed E-state index contributed by atoms with van der Waals surface area (Å²) in [5.74, 6) is 3.56. The lowest BCUT2D eigenvalue weighted by Crippen LogP contribution is -2.13. The predicted octanol–water partition coefficient (Wildman–Crippen LogP) is 12.5. The van der Waals surface area contributed by atoms with Crippen LogP contribution in [0.5, 0.6) is 28.7 Å². The Labute approximate surface area is 342 Å². The number of unbranched alkanes of at least 4 members (excludes halogenated alkanes) is 14. The summed E-state index contributed by atoms with van der Waals surface area (Å²) in [6, 6.07) is 19.3. The van der Waals surface area contributed by atoms with Gasteiger partial charge in [0.2, 0.25) is 0 Å². The summed E-state index contributed by atoms with van der Waals surface area (Å²) < 4.78 is 47.3. The minimum Gasteiger partial charge on any atom is -0.490 e. The zero-order valence-electron chi connectivity index (χ0n) is 35.0. The molecule has 0 atom stereocenters. The molecule has 1 aliphatic rings. The highest BCUT2D eigenvalue weighted by atomic mass is 16.6. The van der Waals surface area contributed by atoms with Crippen LogP contribution < -0.4 is 23.7 Å². The minimum atomic E-state index is 0.375. The highest BCUT2D eigenvalue weighted by Gasteiger charge is 2.10. The van der Waals surface area contributed by atoms with Gasteiger partial charge in [-0.25, -0.2) is 0 Å². The lowest BCUT2D eigenvalue weighted by atomic mass is 10.1. The molecular weight excluding hydrogens is 721 g/mol. The second kappa shape index (κ2) is 30.3. The second-order valence-corrected chi connectivity index (χ2v) is 14.6. The zero-order valence-corrected chi connectivity index (χ0v) is 35.0. The minimum absolute atomic E-state index is 0.375. The second-order valence-electron chi connectivity index (χ2n) is 14.6. The third kappa shape index (κ3) is 20.4. The van der Waals surface area contributed by atoms with Crippen LogP contribution in [0, 0.1) is 0 Å². The van der Waals surface area contributed by atoms with E-state index in [-0.39, 0.29) is 0 Å². The topological polar surface area (TPSA) is 98.6 Å². The molecule has 1 heterocycles. The molecule has 0 N–H and O–H groups in total. The molecule has 3 aromatic rings. The summed E-state index contributed by atoms with van der Waals surface area (Å²) in [7, 11) is 0. The number of rotatable bonds is 25. The lowest BCUT2D eigenvalue weighted by molar-refractivity contribution is 0.00708. The van der Waals surface area contributed by atoms with Crippen LogP contribution in [0.15, 0.2) is 70.9 Å². The van der Waals surface area contributed by atoms with Gasteiger partial charge in [0.25, 0.3) is 0 Å². The molecule has 0 saturated heterocycles. The Balaban J connectivity index is 1.27. The summed E-state index contributed by atoms with van der Waals surface area (Å²) in [5.41, 5.74) is 2.38. The Morgan fingerprint density at radius 2 is 0.930 bits per heavy atom. The molecule has 0 bridgehead atoms. The maximum absolute atomic E-state index is 6.33. The molecule has 0 aromatic heterocycles. The number of ether oxygens (including phenoxy) is 8. The largest absolute Gasteiger partial charge is 0.490 e. The van der Waals surface area contributed by atoms with Crippen molar-refractivity contribution in [3.63, 3.8) is 0 Å². The summed E-state index contributed by atoms with van der Waals surface area (Å²) in [6.07, 6.45) is 20.4. The van der Waals surface area contributed by atoms with Gasteiger partial charge >= 0.3 is 0 Å². The highest BCUT2D eigenvalue weighted by Crippen LogP contribution is 2.33. The van der Waals surface area contributed by atoms with E-state index in [1.807, 2.05) is 48.5 Å². The molecule has 0 spiro atoms. The lowest BCUT2D eigenvalue weighted by Gasteiger charge is -2.15. The van der Waals surface area contributed by atoms with Gasteiger partial charge in [-0.15, -0.1) is 0 Å². The van der Waals surface area contributed by atoms with E-state index in [0.717, 1.165) is 35.7 Å². The van der Waals surface area contributed by atoms with Crippen molar-refractivity contribution in [3.05, 3.63) is 66.2 Å². The van der Waals surface area contributed by atoms with E-state index in [0.29, 0.717) is 95.5 Å². The van der Waals surface area contributed by atoms with Crippen molar-refractivity contribution >= 4 is 11.4 Å². The van der Waals surface area contributed by atoms with Gasteiger partial charge in [-0.2, -0.15) is 10.2 Å². The fourth-order valence-corrected chi connectivity index (χ4v) is 6.36. The SMILES string of the molecule is CCCCCCCCCCOc1ccc(COc2ccc(N=Nc3ccc4c(c3)OCCOCCOCCOCCO4)cc2)cc1OCCCCCCCCCC. The average Bonchev–Trinajstić information content (AvgIpc) is 3.24. The van der Waals surface area contributed by atoms with Crippen LogP contribution in [0.2, 0.25) is 0 Å². The fraction of sp³-hybridized carbons (Fsp3) is 0.617. The number of benzene rings is 3. The maximum Gasteiger partial charge on any atom is 0.163 e. The van der Waals surface area contributed by atoms with Crippen LogP contribution in [-0.2, 0) is 20.8 Å². The quantitative estimate of drug-likeness (QED) is 0.0618. The molecule has 0 unspecified atom stereocenters. The van der Waals surface area contributed by atoms with E-state index in [1.54, 1.807) is 0 Å². The van der Waals surface area contributed by atoms with E-state index in [4.69, 9.17) is 37.9 Å². The van der Waals surface area contributed by atoms with Gasteiger partial charge in [-0.3, -0.25) is 0 Å². The summed E-state index contributed by atoms with van der Waals surface area (Å²) in [5, 5.41) is 8.90. The third-order valence-electron chi connectivity index (χ3n) is 9.68. The Hall–Kier alpha value is -3.86. The van der Waals surface area contributed by atoms with Gasteiger partial charge in [0.1, 0.15) is 25.6 Å². The van der Waals surface area contributed by atoms with Crippen molar-refractivity contribution in [3.8, 4) is 28.7 Å². The van der Waals surface area contributed by atoms with Gasteiger partial charge in [0, 0.05) is 6.07 Å². The first-order valence-electron chi connectivity index (χ1n) is 21.9. The first-order valence-corrected chi connectivity index (χ1v) is 21.9. The highest BCUT2D eigenvalue weighted by molar-refractivity contribution is 5.52. The molecule has 57 heavy (non-hydrogen) atoms. The van der Waals surface area contributed by atoms with E-state index in [2.05, 4.69) is 36.2 Å². The smallest absolute Gasteiger partial charge is 0.163 e. The van der Waals surface area contributed by atoms with Crippen LogP contribution in [0.1, 0.15) is 122 Å². The van der Waals surface area contributed by atoms with Crippen LogP contribution in [-0.4, -0.2) is 66.1 Å². The zero-order chi connectivity index (χ0) is 39.9. The Kier molecular flexibility index (Phi) is 24.3. The molecule has 0 radical (unpaired) electrons. The molecule has 10 nitrogen and oxygen atoms in total. The van der Waals surface area contributed by atoms with Crippen LogP contribution >= 0.6 is 0 Å². The van der Waals surface area contributed by atoms with Gasteiger partial charge in [-0.1, -0.05) is 110 Å². The first-order chi connectivity index (χ1) is 28.2. The summed E-state index contributed by atoms with van der Waals surface area (Å²) >= 11 is 0. The average molecular weight is 791 g/mol. The standard InChI is InChI=1S/C47H70N2O8/c1-3-5-7-9-11-13-15-17-27-53-44-25-19-40(37-46(44)54-28-18-16-14-12-10-8-6-4-2)39-57-43-23-20-41(21-24-43)48-49-42-22-26-45-47(38-42)56-36-34-52-32-30-50-29-31-51-33-35-55-45/h19-26,37-38H,3-18,27-36,39H2,1-2H3. The maximum atomic E-state index is 6.33. The van der Waals surface area contributed by atoms with Gasteiger partial charge < -0.3 is 37.9 Å². The number of hydrogen-bond acceptors (Lipinski definition) is 10. The fourth-order valence-electron chi connectivity index (χ4n) is 6.36. The third-order valence-corrected chi connectivity index (χ3v) is 9.68. The molecule has 0 saturated carbocycles. The monoisotopic (exact) mass is 791 g/mol. The molecule has 10 heteroatoms. The number of hydrogen-bond donors (Lipinski definition) is 0. The van der Waals surface area contributed by atoms with E-state index >= 15 is 0 Å². The number of fused-ring (bicyclic) bond motifs is 1. The van der Waals surface area contributed by atoms with Crippen molar-refractivity contribution in [2.45, 2.75) is 123 Å². The van der Waals surface area contributed by atoms with E-state index < -0.39 is 0 Å². The molecular formula is C47H70N2O8. The Morgan fingerprint density at radius 1 is 0.439 bits per heavy atom. The van der Waals surface area contributed by atoms with E-state index in [1.165, 1.54) is 89.9 Å². The summed E-state index contributed by atoms with van der Waals surface area (Å²) in [4.78, 5) is 0. The molecule has 3 aromatic carbocycles. The van der Waals surface area contributed by atoms with Gasteiger partial charge in [0.05, 0.1) is 64.2 Å². The molecule has 0 aliphatic carbocycles. The van der Waals surface area contributed by atoms with Crippen molar-refractivity contribution in [1.29, 1.82) is 0 Å². The van der Waals surface area contributed by atoms with E-state index in [9.17, 15) is 0 Å². The van der Waals surface area contributed by atoms with Crippen LogP contribution in [0.4, 0.5) is 11.4 Å². The predicted molar refractivity (Wildman–Crippen MR) is 227 cm³/mol. The van der Waals surface area contributed by atoms with Gasteiger partial charge in [0.15, 0.2) is 23.0 Å². The Bertz CT molecular complexity index is 1480. The number of nitrogens with zero attached hydrogens (tertiary/aromatic N) is 2. The van der Waals surface area contributed by atoms with Crippen molar-refractivity contribution in [2.75, 3.05) is 66.1 Å². The molecule has 0 fully saturated rings. The van der Waals surface area contributed by atoms with Crippen molar-refractivity contribution in [2.24, 2.45) is 10.2 Å². The summed E-state index contributed by atoms with van der Waals surface area (Å²) in [6.45, 7) is 10.1.